The molecule has 0 radical (unpaired) electrons. The van der Waals surface area contributed by atoms with Crippen LogP contribution < -0.4 is 5.73 Å². The number of non-ortho nitro benzene ring substituents is 1. The minimum absolute atomic E-state index is 0.178. The second-order valence-electron chi connectivity index (χ2n) is 5.25. The van der Waals surface area contributed by atoms with Crippen LogP contribution in [0.3, 0.4) is 0 Å². The molecule has 9 nitrogen and oxygen atoms in total. The Labute approximate surface area is 141 Å². The van der Waals surface area contributed by atoms with E-state index < -0.39 is 32.9 Å². The number of benzene rings is 1. The van der Waals surface area contributed by atoms with Crippen LogP contribution in [0.4, 0.5) is 5.69 Å². The molecule has 0 saturated heterocycles. The van der Waals surface area contributed by atoms with E-state index in [1.807, 2.05) is 0 Å². The van der Waals surface area contributed by atoms with Crippen molar-refractivity contribution >= 4 is 5.69 Å². The molecule has 118 valence electrons. The minimum Gasteiger partial charge on any atom is -0.399 e. The molecule has 2 N–H and O–H groups in total. The molecule has 25 heavy (non-hydrogen) atoms. The molecule has 0 unspecified atom stereocenters. The monoisotopic (exact) mass is 329 g/mol. The van der Waals surface area contributed by atoms with E-state index in [2.05, 4.69) is 0 Å². The smallest absolute Gasteiger partial charge is 0.269 e. The van der Waals surface area contributed by atoms with E-state index in [1.54, 1.807) is 18.2 Å². The maximum Gasteiger partial charge on any atom is 0.269 e. The van der Waals surface area contributed by atoms with E-state index in [0.29, 0.717) is 0 Å². The molecule has 1 fully saturated rings. The highest BCUT2D eigenvalue weighted by Crippen LogP contribution is 2.76. The maximum atomic E-state index is 11.0. The zero-order valence-electron chi connectivity index (χ0n) is 12.5. The first-order chi connectivity index (χ1) is 11.9. The Morgan fingerprint density at radius 2 is 1.72 bits per heavy atom. The van der Waals surface area contributed by atoms with Crippen molar-refractivity contribution in [2.45, 2.75) is 5.92 Å². The van der Waals surface area contributed by atoms with E-state index >= 15 is 0 Å². The third-order valence-electron chi connectivity index (χ3n) is 4.27. The van der Waals surface area contributed by atoms with Crippen LogP contribution >= 0.6 is 0 Å². The first kappa shape index (κ1) is 17.0. The quantitative estimate of drug-likeness (QED) is 0.490. The first-order valence-electron chi connectivity index (χ1n) is 6.68. The Kier molecular flexibility index (Phi) is 3.85. The van der Waals surface area contributed by atoms with Crippen molar-refractivity contribution in [2.75, 3.05) is 0 Å². The summed E-state index contributed by atoms with van der Waals surface area (Å²) in [4.78, 5) is 10.3. The predicted molar refractivity (Wildman–Crippen MR) is 80.0 cm³/mol. The molecule has 9 heteroatoms. The van der Waals surface area contributed by atoms with E-state index in [9.17, 15) is 25.9 Å². The van der Waals surface area contributed by atoms with Gasteiger partial charge in [-0.15, -0.1) is 0 Å². The molecule has 1 aliphatic rings. The van der Waals surface area contributed by atoms with Gasteiger partial charge in [-0.05, 0) is 5.56 Å². The SMILES string of the molecule is N#CC(C#N)=C(N)[C@]1(C#N)[C@H](c2cccc([N+](=O)[O-])c2)C1(C#N)C#N. The molecular formula is C16H7N7O2. The van der Waals surface area contributed by atoms with Crippen molar-refractivity contribution in [1.82, 2.24) is 0 Å². The van der Waals surface area contributed by atoms with Gasteiger partial charge in [-0.1, -0.05) is 12.1 Å². The van der Waals surface area contributed by atoms with Crippen LogP contribution in [0.5, 0.6) is 0 Å². The third-order valence-corrected chi connectivity index (χ3v) is 4.27. The topological polar surface area (TPSA) is 188 Å². The Morgan fingerprint density at radius 1 is 1.12 bits per heavy atom. The van der Waals surface area contributed by atoms with E-state index in [0.717, 1.165) is 6.07 Å². The molecule has 0 spiro atoms. The lowest BCUT2D eigenvalue weighted by Gasteiger charge is -2.09. The number of allylic oxidation sites excluding steroid dienone is 2. The number of nitro benzene ring substituents is 1. The number of rotatable bonds is 3. The van der Waals surface area contributed by atoms with Gasteiger partial charge in [0.05, 0.1) is 28.8 Å². The molecule has 1 saturated carbocycles. The van der Waals surface area contributed by atoms with Gasteiger partial charge >= 0.3 is 0 Å². The van der Waals surface area contributed by atoms with Crippen molar-refractivity contribution in [3.8, 4) is 30.3 Å². The molecule has 1 aliphatic carbocycles. The maximum absolute atomic E-state index is 11.0. The van der Waals surface area contributed by atoms with Crippen molar-refractivity contribution in [2.24, 2.45) is 16.6 Å². The van der Waals surface area contributed by atoms with Gasteiger partial charge in [-0.3, -0.25) is 10.1 Å². The number of hydrogen-bond donors (Lipinski definition) is 1. The van der Waals surface area contributed by atoms with Crippen LogP contribution in [0.1, 0.15) is 11.5 Å². The molecular weight excluding hydrogens is 322 g/mol. The van der Waals surface area contributed by atoms with E-state index in [1.165, 1.54) is 30.3 Å². The predicted octanol–water partition coefficient (Wildman–Crippen LogP) is 1.50. The standard InChI is InChI=1S/C16H7N7O2/c17-5-11(6-18)14(22)16(9-21)13(15(16,7-19)8-20)10-2-1-3-12(4-10)23(24)25/h1-4,13H,22H2/t13-,16+/m1/s1. The lowest BCUT2D eigenvalue weighted by atomic mass is 9.90. The average Bonchev–Trinajstić information content (AvgIpc) is 3.26. The molecule has 1 aromatic rings. The lowest BCUT2D eigenvalue weighted by molar-refractivity contribution is -0.384. The number of nitrogens with zero attached hydrogens (tertiary/aromatic N) is 6. The van der Waals surface area contributed by atoms with Gasteiger partial charge in [0.2, 0.25) is 0 Å². The van der Waals surface area contributed by atoms with Crippen LogP contribution in [0.25, 0.3) is 0 Å². The Hall–Kier alpha value is -4.39. The average molecular weight is 329 g/mol. The zero-order valence-corrected chi connectivity index (χ0v) is 12.5. The summed E-state index contributed by atoms with van der Waals surface area (Å²) in [5.41, 5.74) is 0.746. The largest absolute Gasteiger partial charge is 0.399 e. The second kappa shape index (κ2) is 5.67. The number of nitriles is 5. The van der Waals surface area contributed by atoms with Crippen LogP contribution in [-0.4, -0.2) is 4.92 Å². The Bertz CT molecular complexity index is 993. The van der Waals surface area contributed by atoms with Gasteiger partial charge in [0, 0.05) is 18.1 Å². The lowest BCUT2D eigenvalue weighted by Crippen LogP contribution is -2.20. The molecule has 0 aromatic heterocycles. The van der Waals surface area contributed by atoms with Crippen molar-refractivity contribution in [3.05, 3.63) is 51.2 Å². The summed E-state index contributed by atoms with van der Waals surface area (Å²) < 4.78 is 0. The van der Waals surface area contributed by atoms with Crippen molar-refractivity contribution in [3.63, 3.8) is 0 Å². The minimum atomic E-state index is -1.96. The molecule has 2 rings (SSSR count). The van der Waals surface area contributed by atoms with Crippen molar-refractivity contribution in [1.29, 1.82) is 26.3 Å². The summed E-state index contributed by atoms with van der Waals surface area (Å²) in [6.07, 6.45) is 0. The Morgan fingerprint density at radius 3 is 2.16 bits per heavy atom. The van der Waals surface area contributed by atoms with Crippen LogP contribution in [0, 0.1) is 77.6 Å². The van der Waals surface area contributed by atoms with Gasteiger partial charge in [0.25, 0.3) is 5.69 Å². The van der Waals surface area contributed by atoms with Gasteiger partial charge in [-0.25, -0.2) is 0 Å². The van der Waals surface area contributed by atoms with E-state index in [-0.39, 0.29) is 11.3 Å². The molecule has 0 aliphatic heterocycles. The third kappa shape index (κ3) is 1.97. The molecule has 0 amide bonds. The van der Waals surface area contributed by atoms with Gasteiger partial charge in [0.15, 0.2) is 5.41 Å². The van der Waals surface area contributed by atoms with E-state index in [4.69, 9.17) is 16.3 Å². The molecule has 0 heterocycles. The number of nitrogens with two attached hydrogens (primary N) is 1. The molecule has 1 aromatic carbocycles. The number of hydrogen-bond acceptors (Lipinski definition) is 8. The molecule has 2 atom stereocenters. The van der Waals surface area contributed by atoms with Gasteiger partial charge < -0.3 is 5.73 Å². The summed E-state index contributed by atoms with van der Waals surface area (Å²) in [5.74, 6) is -1.13. The highest BCUT2D eigenvalue weighted by atomic mass is 16.6. The number of nitro groups is 1. The fraction of sp³-hybridized carbons (Fsp3) is 0.188. The van der Waals surface area contributed by atoms with Gasteiger partial charge in [0.1, 0.15) is 23.1 Å². The summed E-state index contributed by atoms with van der Waals surface area (Å²) in [7, 11) is 0. The van der Waals surface area contributed by atoms with Crippen molar-refractivity contribution < 1.29 is 4.92 Å². The van der Waals surface area contributed by atoms with Crippen LogP contribution in [0.15, 0.2) is 35.5 Å². The Balaban J connectivity index is 2.79. The second-order valence-corrected chi connectivity index (χ2v) is 5.25. The summed E-state index contributed by atoms with van der Waals surface area (Å²) in [6.45, 7) is 0. The fourth-order valence-corrected chi connectivity index (χ4v) is 3.05. The summed E-state index contributed by atoms with van der Waals surface area (Å²) in [5, 5.41) is 57.6. The van der Waals surface area contributed by atoms with Crippen LogP contribution in [-0.2, 0) is 0 Å². The molecule has 0 bridgehead atoms. The van der Waals surface area contributed by atoms with Crippen LogP contribution in [0.2, 0.25) is 0 Å². The highest BCUT2D eigenvalue weighted by Gasteiger charge is 2.82. The fourth-order valence-electron chi connectivity index (χ4n) is 3.05. The summed E-state index contributed by atoms with van der Waals surface area (Å²) >= 11 is 0. The summed E-state index contributed by atoms with van der Waals surface area (Å²) in [6, 6.07) is 13.5. The highest BCUT2D eigenvalue weighted by molar-refractivity contribution is 5.63. The normalized spacial score (nSPS) is 22.0. The van der Waals surface area contributed by atoms with Gasteiger partial charge in [-0.2, -0.15) is 26.3 Å². The first-order valence-corrected chi connectivity index (χ1v) is 6.68. The zero-order chi connectivity index (χ0) is 18.8.